The quantitative estimate of drug-likeness (QED) is 0.763. The summed E-state index contributed by atoms with van der Waals surface area (Å²) in [5.41, 5.74) is -0.403. The van der Waals surface area contributed by atoms with Crippen LogP contribution in [0.2, 0.25) is 0 Å². The second kappa shape index (κ2) is 5.71. The Kier molecular flexibility index (Phi) is 4.80. The van der Waals surface area contributed by atoms with Crippen LogP contribution in [-0.2, 0) is 4.74 Å². The average Bonchev–Trinajstić information content (AvgIpc) is 2.63. The standard InChI is InChI=1S/C13H26N2O2/c1-6-7-11(2)14-8-9-15(10-14)12(16)17-13(3,4)5/h11H,6-10H2,1-5H3. The summed E-state index contributed by atoms with van der Waals surface area (Å²) in [6.45, 7) is 12.6. The van der Waals surface area contributed by atoms with Crippen LogP contribution in [0.1, 0.15) is 47.5 Å². The molecular formula is C13H26N2O2. The third-order valence-electron chi connectivity index (χ3n) is 2.99. The molecule has 0 N–H and O–H groups in total. The van der Waals surface area contributed by atoms with Crippen LogP contribution in [0.5, 0.6) is 0 Å². The van der Waals surface area contributed by atoms with Gasteiger partial charge in [0.1, 0.15) is 5.60 Å². The SMILES string of the molecule is CCCC(C)N1CCN(C(=O)OC(C)(C)C)C1. The van der Waals surface area contributed by atoms with E-state index in [4.69, 9.17) is 4.74 Å². The Labute approximate surface area is 105 Å². The first-order valence-corrected chi connectivity index (χ1v) is 6.55. The van der Waals surface area contributed by atoms with Gasteiger partial charge < -0.3 is 4.74 Å². The van der Waals surface area contributed by atoms with E-state index < -0.39 is 5.60 Å². The van der Waals surface area contributed by atoms with Crippen LogP contribution in [0.3, 0.4) is 0 Å². The number of carbonyl (C=O) groups is 1. The lowest BCUT2D eigenvalue weighted by atomic mass is 10.2. The predicted molar refractivity (Wildman–Crippen MR) is 68.9 cm³/mol. The zero-order valence-corrected chi connectivity index (χ0v) is 11.8. The molecule has 0 aliphatic carbocycles. The van der Waals surface area contributed by atoms with Crippen molar-refractivity contribution in [3.05, 3.63) is 0 Å². The summed E-state index contributed by atoms with van der Waals surface area (Å²) < 4.78 is 5.37. The van der Waals surface area contributed by atoms with Gasteiger partial charge in [-0.2, -0.15) is 0 Å². The number of hydrogen-bond acceptors (Lipinski definition) is 3. The first-order valence-electron chi connectivity index (χ1n) is 6.55. The number of rotatable bonds is 3. The normalized spacial score (nSPS) is 19.5. The molecule has 1 saturated heterocycles. The summed E-state index contributed by atoms with van der Waals surface area (Å²) in [5.74, 6) is 0. The van der Waals surface area contributed by atoms with Gasteiger partial charge in [0.25, 0.3) is 0 Å². The predicted octanol–water partition coefficient (Wildman–Crippen LogP) is 2.69. The zero-order chi connectivity index (χ0) is 13.1. The highest BCUT2D eigenvalue weighted by atomic mass is 16.6. The summed E-state index contributed by atoms with van der Waals surface area (Å²) in [7, 11) is 0. The van der Waals surface area contributed by atoms with E-state index >= 15 is 0 Å². The molecule has 1 fully saturated rings. The Balaban J connectivity index is 2.42. The monoisotopic (exact) mass is 242 g/mol. The lowest BCUT2D eigenvalue weighted by molar-refractivity contribution is 0.0254. The molecule has 0 aromatic heterocycles. The molecule has 0 aromatic carbocycles. The van der Waals surface area contributed by atoms with Crippen molar-refractivity contribution < 1.29 is 9.53 Å². The molecule has 0 saturated carbocycles. The second-order valence-electron chi connectivity index (χ2n) is 5.84. The summed E-state index contributed by atoms with van der Waals surface area (Å²) in [4.78, 5) is 16.0. The van der Waals surface area contributed by atoms with Crippen molar-refractivity contribution in [3.8, 4) is 0 Å². The third-order valence-corrected chi connectivity index (χ3v) is 2.99. The van der Waals surface area contributed by atoms with Crippen molar-refractivity contribution in [1.29, 1.82) is 0 Å². The van der Waals surface area contributed by atoms with E-state index in [1.807, 2.05) is 20.8 Å². The maximum atomic E-state index is 11.9. The summed E-state index contributed by atoms with van der Waals surface area (Å²) in [6.07, 6.45) is 2.18. The molecule has 1 aliphatic rings. The van der Waals surface area contributed by atoms with Crippen molar-refractivity contribution in [1.82, 2.24) is 9.80 Å². The van der Waals surface area contributed by atoms with Gasteiger partial charge in [0.15, 0.2) is 0 Å². The van der Waals surface area contributed by atoms with Crippen LogP contribution in [0.25, 0.3) is 0 Å². The summed E-state index contributed by atoms with van der Waals surface area (Å²) in [5, 5.41) is 0. The smallest absolute Gasteiger partial charge is 0.411 e. The lowest BCUT2D eigenvalue weighted by Crippen LogP contribution is -2.38. The minimum atomic E-state index is -0.403. The molecule has 1 rings (SSSR count). The van der Waals surface area contributed by atoms with Crippen LogP contribution < -0.4 is 0 Å². The Morgan fingerprint density at radius 3 is 2.53 bits per heavy atom. The van der Waals surface area contributed by atoms with Crippen molar-refractivity contribution >= 4 is 6.09 Å². The minimum absolute atomic E-state index is 0.191. The van der Waals surface area contributed by atoms with Crippen molar-refractivity contribution in [3.63, 3.8) is 0 Å². The van der Waals surface area contributed by atoms with Crippen molar-refractivity contribution in [2.24, 2.45) is 0 Å². The zero-order valence-electron chi connectivity index (χ0n) is 11.8. The minimum Gasteiger partial charge on any atom is -0.444 e. The van der Waals surface area contributed by atoms with Gasteiger partial charge in [-0.1, -0.05) is 13.3 Å². The molecule has 0 radical (unpaired) electrons. The molecule has 1 heterocycles. The van der Waals surface area contributed by atoms with E-state index in [9.17, 15) is 4.79 Å². The molecule has 4 heteroatoms. The molecule has 1 atom stereocenters. The molecule has 1 aliphatic heterocycles. The average molecular weight is 242 g/mol. The highest BCUT2D eigenvalue weighted by Crippen LogP contribution is 2.16. The molecule has 1 unspecified atom stereocenters. The van der Waals surface area contributed by atoms with Gasteiger partial charge in [-0.25, -0.2) is 4.79 Å². The Morgan fingerprint density at radius 2 is 2.00 bits per heavy atom. The van der Waals surface area contributed by atoms with Crippen molar-refractivity contribution in [2.45, 2.75) is 59.1 Å². The van der Waals surface area contributed by atoms with Gasteiger partial charge in [0, 0.05) is 19.1 Å². The molecule has 0 spiro atoms. The molecule has 4 nitrogen and oxygen atoms in total. The van der Waals surface area contributed by atoms with E-state index in [1.54, 1.807) is 4.90 Å². The fraction of sp³-hybridized carbons (Fsp3) is 0.923. The van der Waals surface area contributed by atoms with Gasteiger partial charge >= 0.3 is 6.09 Å². The Hall–Kier alpha value is -0.770. The van der Waals surface area contributed by atoms with Crippen LogP contribution in [-0.4, -0.2) is 47.3 Å². The molecule has 100 valence electrons. The number of ether oxygens (including phenoxy) is 1. The number of amides is 1. The van der Waals surface area contributed by atoms with E-state index in [2.05, 4.69) is 18.7 Å². The second-order valence-corrected chi connectivity index (χ2v) is 5.84. The number of carbonyl (C=O) groups excluding carboxylic acids is 1. The van der Waals surface area contributed by atoms with Gasteiger partial charge in [0.05, 0.1) is 6.67 Å². The molecule has 0 bridgehead atoms. The fourth-order valence-electron chi connectivity index (χ4n) is 2.05. The van der Waals surface area contributed by atoms with Gasteiger partial charge in [0.2, 0.25) is 0 Å². The first kappa shape index (κ1) is 14.3. The fourth-order valence-corrected chi connectivity index (χ4v) is 2.05. The largest absolute Gasteiger partial charge is 0.444 e. The van der Waals surface area contributed by atoms with E-state index in [0.29, 0.717) is 12.7 Å². The van der Waals surface area contributed by atoms with E-state index in [1.165, 1.54) is 12.8 Å². The summed E-state index contributed by atoms with van der Waals surface area (Å²) >= 11 is 0. The van der Waals surface area contributed by atoms with Crippen LogP contribution in [0, 0.1) is 0 Å². The molecular weight excluding hydrogens is 216 g/mol. The summed E-state index contributed by atoms with van der Waals surface area (Å²) in [6, 6.07) is 0.549. The van der Waals surface area contributed by atoms with Crippen LogP contribution in [0.4, 0.5) is 4.79 Å². The van der Waals surface area contributed by atoms with E-state index in [-0.39, 0.29) is 6.09 Å². The Bertz CT molecular complexity index is 261. The number of hydrogen-bond donors (Lipinski definition) is 0. The van der Waals surface area contributed by atoms with Crippen LogP contribution >= 0.6 is 0 Å². The van der Waals surface area contributed by atoms with Gasteiger partial charge in [-0.05, 0) is 34.1 Å². The molecule has 17 heavy (non-hydrogen) atoms. The number of nitrogens with zero attached hydrogens (tertiary/aromatic N) is 2. The first-order chi connectivity index (χ1) is 7.83. The van der Waals surface area contributed by atoms with Crippen molar-refractivity contribution in [2.75, 3.05) is 19.8 Å². The highest BCUT2D eigenvalue weighted by molar-refractivity contribution is 5.68. The Morgan fingerprint density at radius 1 is 1.35 bits per heavy atom. The van der Waals surface area contributed by atoms with Crippen LogP contribution in [0.15, 0.2) is 0 Å². The lowest BCUT2D eigenvalue weighted by Gasteiger charge is -2.26. The van der Waals surface area contributed by atoms with Gasteiger partial charge in [-0.15, -0.1) is 0 Å². The molecule has 0 aromatic rings. The molecule has 1 amide bonds. The highest BCUT2D eigenvalue weighted by Gasteiger charge is 2.29. The third kappa shape index (κ3) is 4.54. The van der Waals surface area contributed by atoms with Gasteiger partial charge in [-0.3, -0.25) is 9.80 Å². The maximum Gasteiger partial charge on any atom is 0.411 e. The van der Waals surface area contributed by atoms with E-state index in [0.717, 1.165) is 13.1 Å². The topological polar surface area (TPSA) is 32.8 Å². The maximum absolute atomic E-state index is 11.9.